The molecule has 0 heterocycles. The van der Waals surface area contributed by atoms with Crippen molar-refractivity contribution in [2.45, 2.75) is 52.4 Å². The predicted octanol–water partition coefficient (Wildman–Crippen LogP) is 3.07. The van der Waals surface area contributed by atoms with E-state index in [0.29, 0.717) is 11.8 Å². The van der Waals surface area contributed by atoms with Crippen LogP contribution in [0.4, 0.5) is 0 Å². The van der Waals surface area contributed by atoms with E-state index in [0.717, 1.165) is 24.9 Å². The van der Waals surface area contributed by atoms with Crippen LogP contribution in [-0.4, -0.2) is 23.9 Å². The zero-order valence-corrected chi connectivity index (χ0v) is 10.7. The summed E-state index contributed by atoms with van der Waals surface area (Å²) in [5, 5.41) is 0. The average Bonchev–Trinajstić information content (AvgIpc) is 3.11. The van der Waals surface area contributed by atoms with Crippen molar-refractivity contribution >= 4 is 5.91 Å². The van der Waals surface area contributed by atoms with Gasteiger partial charge in [0, 0.05) is 19.0 Å². The Bertz CT molecular complexity index is 241. The van der Waals surface area contributed by atoms with Crippen LogP contribution < -0.4 is 0 Å². The molecule has 2 atom stereocenters. The highest BCUT2D eigenvalue weighted by Gasteiger charge is 2.48. The van der Waals surface area contributed by atoms with Crippen molar-refractivity contribution in [3.63, 3.8) is 0 Å². The van der Waals surface area contributed by atoms with E-state index >= 15 is 0 Å². The minimum atomic E-state index is 0.392. The molecule has 2 heteroatoms. The maximum atomic E-state index is 12.1. The third-order valence-electron chi connectivity index (χ3n) is 4.49. The van der Waals surface area contributed by atoms with Gasteiger partial charge in [-0.15, -0.1) is 0 Å². The largest absolute Gasteiger partial charge is 0.343 e. The summed E-state index contributed by atoms with van der Waals surface area (Å²) in [6.45, 7) is 5.92. The molecule has 2 aliphatic carbocycles. The van der Waals surface area contributed by atoms with Crippen LogP contribution >= 0.6 is 0 Å². The SMILES string of the molecule is CCN(CC)C(=O)[C@H]1C[C@@H]1C1CCCCC1. The number of hydrogen-bond donors (Lipinski definition) is 0. The molecule has 0 aromatic heterocycles. The van der Waals surface area contributed by atoms with Gasteiger partial charge in [-0.05, 0) is 32.1 Å². The lowest BCUT2D eigenvalue weighted by molar-refractivity contribution is -0.132. The number of hydrogen-bond acceptors (Lipinski definition) is 1. The maximum absolute atomic E-state index is 12.1. The van der Waals surface area contributed by atoms with Crippen LogP contribution in [0.2, 0.25) is 0 Å². The third kappa shape index (κ3) is 2.41. The highest BCUT2D eigenvalue weighted by molar-refractivity contribution is 5.81. The Morgan fingerprint density at radius 2 is 1.75 bits per heavy atom. The average molecular weight is 223 g/mol. The van der Waals surface area contributed by atoms with Gasteiger partial charge >= 0.3 is 0 Å². The summed E-state index contributed by atoms with van der Waals surface area (Å²) in [6, 6.07) is 0. The lowest BCUT2D eigenvalue weighted by Crippen LogP contribution is -2.32. The van der Waals surface area contributed by atoms with Gasteiger partial charge in [-0.3, -0.25) is 4.79 Å². The topological polar surface area (TPSA) is 20.3 Å². The molecule has 2 fully saturated rings. The normalized spacial score (nSPS) is 30.1. The van der Waals surface area contributed by atoms with E-state index in [1.807, 2.05) is 4.90 Å². The fraction of sp³-hybridized carbons (Fsp3) is 0.929. The van der Waals surface area contributed by atoms with Crippen LogP contribution in [0.1, 0.15) is 52.4 Å². The first-order valence-corrected chi connectivity index (χ1v) is 7.06. The first-order chi connectivity index (χ1) is 7.77. The Balaban J connectivity index is 1.83. The number of carbonyl (C=O) groups is 1. The summed E-state index contributed by atoms with van der Waals surface area (Å²) in [5.74, 6) is 2.44. The monoisotopic (exact) mass is 223 g/mol. The second-order valence-electron chi connectivity index (χ2n) is 5.41. The summed E-state index contributed by atoms with van der Waals surface area (Å²) >= 11 is 0. The molecular weight excluding hydrogens is 198 g/mol. The zero-order chi connectivity index (χ0) is 11.5. The van der Waals surface area contributed by atoms with Gasteiger partial charge in [-0.25, -0.2) is 0 Å². The van der Waals surface area contributed by atoms with Crippen molar-refractivity contribution in [3.05, 3.63) is 0 Å². The van der Waals surface area contributed by atoms with E-state index in [9.17, 15) is 4.79 Å². The van der Waals surface area contributed by atoms with Crippen molar-refractivity contribution in [2.24, 2.45) is 17.8 Å². The standard InChI is InChI=1S/C14H25NO/c1-3-15(4-2)14(16)13-10-12(13)11-8-6-5-7-9-11/h11-13H,3-10H2,1-2H3/t12-,13+/m1/s1. The molecule has 0 spiro atoms. The molecule has 2 saturated carbocycles. The summed E-state index contributed by atoms with van der Waals surface area (Å²) in [5.41, 5.74) is 0. The maximum Gasteiger partial charge on any atom is 0.225 e. The van der Waals surface area contributed by atoms with E-state index < -0.39 is 0 Å². The zero-order valence-electron chi connectivity index (χ0n) is 10.7. The molecule has 92 valence electrons. The summed E-state index contributed by atoms with van der Waals surface area (Å²) in [7, 11) is 0. The van der Waals surface area contributed by atoms with E-state index in [-0.39, 0.29) is 0 Å². The molecule has 2 nitrogen and oxygen atoms in total. The molecule has 16 heavy (non-hydrogen) atoms. The number of rotatable bonds is 4. The van der Waals surface area contributed by atoms with Crippen LogP contribution in [0.3, 0.4) is 0 Å². The van der Waals surface area contributed by atoms with Gasteiger partial charge in [0.2, 0.25) is 5.91 Å². The molecule has 0 aromatic carbocycles. The highest BCUT2D eigenvalue weighted by atomic mass is 16.2. The van der Waals surface area contributed by atoms with Crippen LogP contribution in [-0.2, 0) is 4.79 Å². The van der Waals surface area contributed by atoms with Crippen LogP contribution in [0.5, 0.6) is 0 Å². The van der Waals surface area contributed by atoms with Crippen molar-refractivity contribution < 1.29 is 4.79 Å². The Labute approximate surface area is 99.4 Å². The van der Waals surface area contributed by atoms with Gasteiger partial charge in [-0.2, -0.15) is 0 Å². The molecule has 0 N–H and O–H groups in total. The molecule has 0 radical (unpaired) electrons. The number of nitrogens with zero attached hydrogens (tertiary/aromatic N) is 1. The van der Waals surface area contributed by atoms with Gasteiger partial charge in [-0.1, -0.05) is 32.1 Å². The second-order valence-corrected chi connectivity index (χ2v) is 5.41. The van der Waals surface area contributed by atoms with E-state index in [1.54, 1.807) is 0 Å². The molecule has 0 unspecified atom stereocenters. The van der Waals surface area contributed by atoms with Gasteiger partial charge in [0.05, 0.1) is 0 Å². The Morgan fingerprint density at radius 3 is 2.31 bits per heavy atom. The lowest BCUT2D eigenvalue weighted by atomic mass is 9.85. The lowest BCUT2D eigenvalue weighted by Gasteiger charge is -2.23. The van der Waals surface area contributed by atoms with Gasteiger partial charge < -0.3 is 4.90 Å². The highest BCUT2D eigenvalue weighted by Crippen LogP contribution is 2.50. The Kier molecular flexibility index (Phi) is 3.88. The minimum absolute atomic E-state index is 0.392. The minimum Gasteiger partial charge on any atom is -0.343 e. The molecule has 0 aromatic rings. The van der Waals surface area contributed by atoms with Crippen LogP contribution in [0.25, 0.3) is 0 Å². The number of carbonyl (C=O) groups excluding carboxylic acids is 1. The molecule has 2 aliphatic rings. The fourth-order valence-electron chi connectivity index (χ4n) is 3.35. The Morgan fingerprint density at radius 1 is 1.12 bits per heavy atom. The predicted molar refractivity (Wildman–Crippen MR) is 66.1 cm³/mol. The quantitative estimate of drug-likeness (QED) is 0.717. The molecule has 1 amide bonds. The molecule has 2 rings (SSSR count). The second kappa shape index (κ2) is 5.20. The van der Waals surface area contributed by atoms with Gasteiger partial charge in [0.25, 0.3) is 0 Å². The van der Waals surface area contributed by atoms with Crippen molar-refractivity contribution in [3.8, 4) is 0 Å². The van der Waals surface area contributed by atoms with Gasteiger partial charge in [0.15, 0.2) is 0 Å². The summed E-state index contributed by atoms with van der Waals surface area (Å²) < 4.78 is 0. The smallest absolute Gasteiger partial charge is 0.225 e. The third-order valence-corrected chi connectivity index (χ3v) is 4.49. The van der Waals surface area contributed by atoms with Crippen LogP contribution in [0, 0.1) is 17.8 Å². The van der Waals surface area contributed by atoms with Gasteiger partial charge in [0.1, 0.15) is 0 Å². The first kappa shape index (κ1) is 11.9. The van der Waals surface area contributed by atoms with E-state index in [2.05, 4.69) is 13.8 Å². The Hall–Kier alpha value is -0.530. The summed E-state index contributed by atoms with van der Waals surface area (Å²) in [6.07, 6.45) is 8.15. The molecule has 0 aliphatic heterocycles. The van der Waals surface area contributed by atoms with Crippen LogP contribution in [0.15, 0.2) is 0 Å². The van der Waals surface area contributed by atoms with E-state index in [1.165, 1.54) is 38.5 Å². The summed E-state index contributed by atoms with van der Waals surface area (Å²) in [4.78, 5) is 14.2. The first-order valence-electron chi connectivity index (χ1n) is 7.06. The fourth-order valence-corrected chi connectivity index (χ4v) is 3.35. The molecular formula is C14H25NO. The van der Waals surface area contributed by atoms with Crippen molar-refractivity contribution in [1.82, 2.24) is 4.90 Å². The van der Waals surface area contributed by atoms with Crippen molar-refractivity contribution in [2.75, 3.05) is 13.1 Å². The molecule has 0 saturated heterocycles. The molecule has 0 bridgehead atoms. The van der Waals surface area contributed by atoms with Crippen molar-refractivity contribution in [1.29, 1.82) is 0 Å². The number of amides is 1. The van der Waals surface area contributed by atoms with E-state index in [4.69, 9.17) is 0 Å².